The third-order valence-corrected chi connectivity index (χ3v) is 6.19. The standard InChI is InChI=1S/C19H20ClN3O4S/c1-28(21,25)17-9-8-16(26-17)18(24)22-13-5-2-11(3-6-13)19-23-14-10-12(20)4-7-15(14)27-19/h4,7-11,13,21H,2-3,5-6H2,1H3,(H,22,24)/t11?,13?,28-/m0/s1. The van der Waals surface area contributed by atoms with Crippen molar-refractivity contribution >= 4 is 38.3 Å². The lowest BCUT2D eigenvalue weighted by molar-refractivity contribution is 0.0891. The van der Waals surface area contributed by atoms with Crippen molar-refractivity contribution in [2.24, 2.45) is 0 Å². The molecule has 28 heavy (non-hydrogen) atoms. The van der Waals surface area contributed by atoms with Crippen molar-refractivity contribution in [2.75, 3.05) is 6.26 Å². The van der Waals surface area contributed by atoms with Gasteiger partial charge in [0.1, 0.15) is 15.2 Å². The van der Waals surface area contributed by atoms with Gasteiger partial charge in [0.05, 0.1) is 0 Å². The second kappa shape index (κ2) is 7.25. The Bertz CT molecular complexity index is 1130. The van der Waals surface area contributed by atoms with Gasteiger partial charge in [-0.1, -0.05) is 11.6 Å². The van der Waals surface area contributed by atoms with Crippen LogP contribution >= 0.6 is 11.6 Å². The van der Waals surface area contributed by atoms with E-state index in [1.807, 2.05) is 6.07 Å². The van der Waals surface area contributed by atoms with Gasteiger partial charge in [0.25, 0.3) is 5.91 Å². The molecule has 0 saturated heterocycles. The van der Waals surface area contributed by atoms with E-state index in [0.717, 1.165) is 36.8 Å². The lowest BCUT2D eigenvalue weighted by Gasteiger charge is -2.27. The Balaban J connectivity index is 1.37. The highest BCUT2D eigenvalue weighted by Gasteiger charge is 2.28. The lowest BCUT2D eigenvalue weighted by atomic mass is 9.86. The number of hydrogen-bond acceptors (Lipinski definition) is 6. The normalized spacial score (nSPS) is 22.1. The van der Waals surface area contributed by atoms with Gasteiger partial charge in [0.15, 0.2) is 22.3 Å². The maximum Gasteiger partial charge on any atom is 0.287 e. The molecule has 4 rings (SSSR count). The Kier molecular flexibility index (Phi) is 4.93. The number of furan rings is 1. The van der Waals surface area contributed by atoms with E-state index in [1.165, 1.54) is 18.4 Å². The van der Waals surface area contributed by atoms with Crippen LogP contribution in [-0.2, 0) is 9.73 Å². The number of carbonyl (C=O) groups is 1. The number of aromatic nitrogens is 1. The molecule has 1 aliphatic rings. The minimum absolute atomic E-state index is 0.0115. The molecule has 2 aromatic heterocycles. The fourth-order valence-corrected chi connectivity index (χ4v) is 4.23. The molecule has 0 radical (unpaired) electrons. The molecule has 0 spiro atoms. The van der Waals surface area contributed by atoms with Gasteiger partial charge >= 0.3 is 0 Å². The summed E-state index contributed by atoms with van der Waals surface area (Å²) in [5.41, 5.74) is 1.48. The summed E-state index contributed by atoms with van der Waals surface area (Å²) in [6, 6.07) is 8.29. The number of carbonyl (C=O) groups excluding carboxylic acids is 1. The minimum Gasteiger partial charge on any atom is -0.441 e. The Labute approximate surface area is 167 Å². The minimum atomic E-state index is -2.97. The van der Waals surface area contributed by atoms with E-state index >= 15 is 0 Å². The highest BCUT2D eigenvalue weighted by atomic mass is 35.5. The van der Waals surface area contributed by atoms with Crippen LogP contribution in [0.25, 0.3) is 11.1 Å². The van der Waals surface area contributed by atoms with Gasteiger partial charge in [-0.25, -0.2) is 14.0 Å². The zero-order chi connectivity index (χ0) is 19.9. The number of nitrogens with zero attached hydrogens (tertiary/aromatic N) is 1. The second-order valence-corrected chi connectivity index (χ2v) is 9.67. The molecule has 1 amide bonds. The average Bonchev–Trinajstić information content (AvgIpc) is 3.29. The predicted molar refractivity (Wildman–Crippen MR) is 105 cm³/mol. The molecule has 0 aliphatic heterocycles. The summed E-state index contributed by atoms with van der Waals surface area (Å²) in [7, 11) is -2.97. The van der Waals surface area contributed by atoms with E-state index in [-0.39, 0.29) is 28.7 Å². The molecule has 2 heterocycles. The molecule has 0 unspecified atom stereocenters. The Hall–Kier alpha value is -2.32. The number of hydrogen-bond donors (Lipinski definition) is 2. The number of fused-ring (bicyclic) bond motifs is 1. The first-order chi connectivity index (χ1) is 13.3. The van der Waals surface area contributed by atoms with Crippen LogP contribution in [0.1, 0.15) is 48.0 Å². The van der Waals surface area contributed by atoms with Crippen LogP contribution in [0.2, 0.25) is 5.02 Å². The number of benzene rings is 1. The molecule has 1 aliphatic carbocycles. The largest absolute Gasteiger partial charge is 0.441 e. The summed E-state index contributed by atoms with van der Waals surface area (Å²) in [5, 5.41) is 3.59. The SMILES string of the molecule is C[S@](=N)(=O)c1ccc(C(=O)NC2CCC(c3nc4cc(Cl)ccc4o3)CC2)o1. The quantitative estimate of drug-likeness (QED) is 0.641. The van der Waals surface area contributed by atoms with Crippen molar-refractivity contribution in [1.82, 2.24) is 10.3 Å². The van der Waals surface area contributed by atoms with Crippen LogP contribution in [0.15, 0.2) is 44.3 Å². The molecule has 148 valence electrons. The summed E-state index contributed by atoms with van der Waals surface area (Å²) in [6.07, 6.45) is 4.56. The lowest BCUT2D eigenvalue weighted by Crippen LogP contribution is -2.37. The average molecular weight is 422 g/mol. The summed E-state index contributed by atoms with van der Waals surface area (Å²) in [5.74, 6) is 0.651. The highest BCUT2D eigenvalue weighted by molar-refractivity contribution is 7.91. The number of amides is 1. The zero-order valence-electron chi connectivity index (χ0n) is 15.2. The van der Waals surface area contributed by atoms with Crippen molar-refractivity contribution in [2.45, 2.75) is 42.7 Å². The summed E-state index contributed by atoms with van der Waals surface area (Å²) >= 11 is 6.00. The molecule has 0 bridgehead atoms. The van der Waals surface area contributed by atoms with Crippen molar-refractivity contribution in [3.05, 3.63) is 47.0 Å². The van der Waals surface area contributed by atoms with Gasteiger partial charge < -0.3 is 14.2 Å². The molecule has 9 heteroatoms. The van der Waals surface area contributed by atoms with Gasteiger partial charge in [-0.3, -0.25) is 4.79 Å². The van der Waals surface area contributed by atoms with E-state index in [4.69, 9.17) is 25.2 Å². The molecule has 1 fully saturated rings. The first-order valence-electron chi connectivity index (χ1n) is 9.00. The van der Waals surface area contributed by atoms with Crippen molar-refractivity contribution in [1.29, 1.82) is 4.78 Å². The van der Waals surface area contributed by atoms with E-state index in [0.29, 0.717) is 10.9 Å². The first-order valence-corrected chi connectivity index (χ1v) is 11.3. The zero-order valence-corrected chi connectivity index (χ0v) is 16.8. The molecule has 1 saturated carbocycles. The molecule has 1 aromatic carbocycles. The number of rotatable bonds is 4. The molecule has 7 nitrogen and oxygen atoms in total. The smallest absolute Gasteiger partial charge is 0.287 e. The third-order valence-electron chi connectivity index (χ3n) is 4.97. The van der Waals surface area contributed by atoms with Crippen LogP contribution in [-0.4, -0.2) is 27.4 Å². The monoisotopic (exact) mass is 421 g/mol. The maximum absolute atomic E-state index is 12.4. The van der Waals surface area contributed by atoms with Gasteiger partial charge in [-0.05, 0) is 56.0 Å². The Morgan fingerprint density at radius 2 is 1.96 bits per heavy atom. The van der Waals surface area contributed by atoms with Crippen LogP contribution in [0, 0.1) is 4.78 Å². The van der Waals surface area contributed by atoms with Crippen molar-refractivity contribution in [3.8, 4) is 0 Å². The Morgan fingerprint density at radius 3 is 2.64 bits per heavy atom. The van der Waals surface area contributed by atoms with E-state index in [1.54, 1.807) is 12.1 Å². The summed E-state index contributed by atoms with van der Waals surface area (Å²) in [4.78, 5) is 16.9. The van der Waals surface area contributed by atoms with Crippen molar-refractivity contribution in [3.63, 3.8) is 0 Å². The summed E-state index contributed by atoms with van der Waals surface area (Å²) < 4.78 is 30.3. The first kappa shape index (κ1) is 19.0. The predicted octanol–water partition coefficient (Wildman–Crippen LogP) is 4.57. The topological polar surface area (TPSA) is 109 Å². The molecular formula is C19H20ClN3O4S. The summed E-state index contributed by atoms with van der Waals surface area (Å²) in [6.45, 7) is 0. The van der Waals surface area contributed by atoms with E-state index in [9.17, 15) is 9.00 Å². The second-order valence-electron chi connectivity index (χ2n) is 7.15. The van der Waals surface area contributed by atoms with E-state index in [2.05, 4.69) is 10.3 Å². The van der Waals surface area contributed by atoms with Gasteiger partial charge in [-0.15, -0.1) is 0 Å². The number of halogens is 1. The number of oxazole rings is 1. The number of nitrogens with one attached hydrogen (secondary N) is 2. The van der Waals surface area contributed by atoms with Gasteiger partial charge in [0.2, 0.25) is 0 Å². The molecule has 3 aromatic rings. The molecule has 2 N–H and O–H groups in total. The molecule has 1 atom stereocenters. The maximum atomic E-state index is 12.4. The fraction of sp³-hybridized carbons (Fsp3) is 0.368. The van der Waals surface area contributed by atoms with Gasteiger partial charge in [-0.2, -0.15) is 0 Å². The molecular weight excluding hydrogens is 402 g/mol. The third kappa shape index (κ3) is 3.93. The van der Waals surface area contributed by atoms with Crippen molar-refractivity contribution < 1.29 is 17.8 Å². The van der Waals surface area contributed by atoms with Crippen LogP contribution < -0.4 is 5.32 Å². The van der Waals surface area contributed by atoms with Crippen LogP contribution in [0.4, 0.5) is 0 Å². The van der Waals surface area contributed by atoms with Crippen LogP contribution in [0.5, 0.6) is 0 Å². The Morgan fingerprint density at radius 1 is 1.21 bits per heavy atom. The van der Waals surface area contributed by atoms with Crippen LogP contribution in [0.3, 0.4) is 0 Å². The van der Waals surface area contributed by atoms with Gasteiger partial charge in [0, 0.05) is 23.2 Å². The van der Waals surface area contributed by atoms with E-state index < -0.39 is 9.73 Å². The highest BCUT2D eigenvalue weighted by Crippen LogP contribution is 2.34. The fourth-order valence-electron chi connectivity index (χ4n) is 3.49.